The van der Waals surface area contributed by atoms with Crippen LogP contribution in [0.4, 0.5) is 0 Å². The Kier molecular flexibility index (Phi) is 5.02. The van der Waals surface area contributed by atoms with Crippen LogP contribution in [0.15, 0.2) is 6.33 Å². The number of aryl methyl sites for hydroxylation is 1. The molecular formula is C13H24N4O. The third-order valence-corrected chi connectivity index (χ3v) is 2.71. The highest BCUT2D eigenvalue weighted by molar-refractivity contribution is 5.80. The number of hydrogen-bond donors (Lipinski definition) is 1. The van der Waals surface area contributed by atoms with Crippen LogP contribution in [-0.2, 0) is 17.8 Å². The highest BCUT2D eigenvalue weighted by Crippen LogP contribution is 2.21. The first-order valence-corrected chi connectivity index (χ1v) is 6.46. The normalized spacial score (nSPS) is 13.6. The van der Waals surface area contributed by atoms with Crippen LogP contribution in [0.1, 0.15) is 46.4 Å². The zero-order valence-corrected chi connectivity index (χ0v) is 11.8. The second-order valence-corrected chi connectivity index (χ2v) is 5.94. The van der Waals surface area contributed by atoms with Gasteiger partial charge in [0.2, 0.25) is 0 Å². The molecule has 0 aliphatic carbocycles. The molecule has 102 valence electrons. The van der Waals surface area contributed by atoms with Gasteiger partial charge in [-0.2, -0.15) is 5.10 Å². The molecule has 1 aromatic heterocycles. The van der Waals surface area contributed by atoms with Crippen LogP contribution in [0.5, 0.6) is 0 Å². The number of nitrogens with zero attached hydrogens (tertiary/aromatic N) is 3. The predicted octanol–water partition coefficient (Wildman–Crippen LogP) is 1.56. The van der Waals surface area contributed by atoms with E-state index in [1.165, 1.54) is 6.33 Å². The number of ketones is 1. The van der Waals surface area contributed by atoms with E-state index in [9.17, 15) is 4.79 Å². The first-order valence-electron chi connectivity index (χ1n) is 6.46. The molecule has 0 spiro atoms. The van der Waals surface area contributed by atoms with Crippen molar-refractivity contribution in [1.29, 1.82) is 0 Å². The van der Waals surface area contributed by atoms with Gasteiger partial charge in [0.05, 0.1) is 6.42 Å². The number of aromatic nitrogens is 3. The highest BCUT2D eigenvalue weighted by atomic mass is 16.1. The van der Waals surface area contributed by atoms with Crippen LogP contribution in [0.2, 0.25) is 0 Å². The standard InChI is InChI=1S/C13H24N4O/c1-5-17-12(15-9-16-17)7-11(18)6-10(14)8-13(2,3)4/h9-10H,5-8,14H2,1-4H3. The molecular weight excluding hydrogens is 228 g/mol. The summed E-state index contributed by atoms with van der Waals surface area (Å²) < 4.78 is 1.74. The van der Waals surface area contributed by atoms with E-state index < -0.39 is 0 Å². The molecule has 0 bridgehead atoms. The van der Waals surface area contributed by atoms with Gasteiger partial charge in [-0.15, -0.1) is 0 Å². The van der Waals surface area contributed by atoms with Gasteiger partial charge in [-0.1, -0.05) is 20.8 Å². The first-order chi connectivity index (χ1) is 8.31. The number of carbonyl (C=O) groups excluding carboxylic acids is 1. The topological polar surface area (TPSA) is 73.8 Å². The molecule has 0 aromatic carbocycles. The maximum absolute atomic E-state index is 11.9. The minimum atomic E-state index is -0.0736. The van der Waals surface area contributed by atoms with Crippen LogP contribution >= 0.6 is 0 Å². The molecule has 5 heteroatoms. The fourth-order valence-electron chi connectivity index (χ4n) is 2.09. The van der Waals surface area contributed by atoms with Gasteiger partial charge >= 0.3 is 0 Å². The van der Waals surface area contributed by atoms with Crippen molar-refractivity contribution in [2.75, 3.05) is 0 Å². The Hall–Kier alpha value is -1.23. The van der Waals surface area contributed by atoms with Crippen LogP contribution in [0, 0.1) is 5.41 Å². The van der Waals surface area contributed by atoms with Gasteiger partial charge < -0.3 is 5.73 Å². The minimum Gasteiger partial charge on any atom is -0.327 e. The Balaban J connectivity index is 2.47. The smallest absolute Gasteiger partial charge is 0.142 e. The number of hydrogen-bond acceptors (Lipinski definition) is 4. The Morgan fingerprint density at radius 3 is 2.72 bits per heavy atom. The molecule has 5 nitrogen and oxygen atoms in total. The third-order valence-electron chi connectivity index (χ3n) is 2.71. The number of rotatable bonds is 6. The van der Waals surface area contributed by atoms with Crippen molar-refractivity contribution in [2.24, 2.45) is 11.1 Å². The molecule has 1 aromatic rings. The molecule has 0 saturated heterocycles. The molecule has 1 heterocycles. The second-order valence-electron chi connectivity index (χ2n) is 5.94. The summed E-state index contributed by atoms with van der Waals surface area (Å²) in [6, 6.07) is -0.0736. The lowest BCUT2D eigenvalue weighted by Gasteiger charge is -2.22. The van der Waals surface area contributed by atoms with E-state index in [4.69, 9.17) is 5.73 Å². The van der Waals surface area contributed by atoms with Gasteiger partial charge in [-0.05, 0) is 18.8 Å². The van der Waals surface area contributed by atoms with Gasteiger partial charge in [0.15, 0.2) is 0 Å². The average Bonchev–Trinajstić information content (AvgIpc) is 2.61. The van der Waals surface area contributed by atoms with Crippen LogP contribution < -0.4 is 5.73 Å². The summed E-state index contributed by atoms with van der Waals surface area (Å²) in [4.78, 5) is 16.0. The Morgan fingerprint density at radius 1 is 1.50 bits per heavy atom. The first kappa shape index (κ1) is 14.8. The van der Waals surface area contributed by atoms with Crippen molar-refractivity contribution in [3.05, 3.63) is 12.2 Å². The van der Waals surface area contributed by atoms with E-state index in [0.29, 0.717) is 12.8 Å². The summed E-state index contributed by atoms with van der Waals surface area (Å²) in [5.41, 5.74) is 6.15. The number of nitrogens with two attached hydrogens (primary N) is 1. The van der Waals surface area contributed by atoms with E-state index in [0.717, 1.165) is 18.8 Å². The molecule has 2 N–H and O–H groups in total. The Bertz CT molecular complexity index is 392. The molecule has 1 unspecified atom stereocenters. The van der Waals surface area contributed by atoms with Gasteiger partial charge in [0.1, 0.15) is 17.9 Å². The van der Waals surface area contributed by atoms with Crippen LogP contribution in [0.25, 0.3) is 0 Å². The Morgan fingerprint density at radius 2 is 2.17 bits per heavy atom. The lowest BCUT2D eigenvalue weighted by atomic mass is 9.86. The summed E-state index contributed by atoms with van der Waals surface area (Å²) in [7, 11) is 0. The van der Waals surface area contributed by atoms with E-state index >= 15 is 0 Å². The largest absolute Gasteiger partial charge is 0.327 e. The molecule has 0 radical (unpaired) electrons. The molecule has 0 aliphatic heterocycles. The second kappa shape index (κ2) is 6.09. The van der Waals surface area contributed by atoms with E-state index in [2.05, 4.69) is 30.9 Å². The minimum absolute atomic E-state index is 0.0736. The quantitative estimate of drug-likeness (QED) is 0.834. The average molecular weight is 252 g/mol. The predicted molar refractivity (Wildman–Crippen MR) is 71.1 cm³/mol. The van der Waals surface area contributed by atoms with Gasteiger partial charge in [0.25, 0.3) is 0 Å². The summed E-state index contributed by atoms with van der Waals surface area (Å²) in [6.45, 7) is 9.10. The van der Waals surface area contributed by atoms with Crippen LogP contribution in [-0.4, -0.2) is 26.6 Å². The molecule has 1 rings (SSSR count). The summed E-state index contributed by atoms with van der Waals surface area (Å²) in [5.74, 6) is 0.861. The number of carbonyl (C=O) groups is 1. The summed E-state index contributed by atoms with van der Waals surface area (Å²) in [6.07, 6.45) is 3.07. The van der Waals surface area contributed by atoms with Gasteiger partial charge in [0, 0.05) is 19.0 Å². The number of Topliss-reactive ketones (excluding diaryl/α,β-unsaturated/α-hetero) is 1. The highest BCUT2D eigenvalue weighted by Gasteiger charge is 2.19. The molecule has 0 amide bonds. The molecule has 0 fully saturated rings. The maximum Gasteiger partial charge on any atom is 0.142 e. The lowest BCUT2D eigenvalue weighted by molar-refractivity contribution is -0.119. The van der Waals surface area contributed by atoms with Crippen molar-refractivity contribution in [2.45, 2.75) is 59.5 Å². The molecule has 0 saturated carbocycles. The Labute approximate surface area is 109 Å². The monoisotopic (exact) mass is 252 g/mol. The van der Waals surface area contributed by atoms with Crippen molar-refractivity contribution >= 4 is 5.78 Å². The van der Waals surface area contributed by atoms with E-state index in [1.54, 1.807) is 4.68 Å². The van der Waals surface area contributed by atoms with E-state index in [1.807, 2.05) is 6.92 Å². The summed E-state index contributed by atoms with van der Waals surface area (Å²) >= 11 is 0. The fraction of sp³-hybridized carbons (Fsp3) is 0.769. The van der Waals surface area contributed by atoms with Crippen molar-refractivity contribution in [3.63, 3.8) is 0 Å². The zero-order chi connectivity index (χ0) is 13.8. The van der Waals surface area contributed by atoms with Crippen molar-refractivity contribution < 1.29 is 4.79 Å². The van der Waals surface area contributed by atoms with Gasteiger partial charge in [-0.3, -0.25) is 4.79 Å². The maximum atomic E-state index is 11.9. The SMILES string of the molecule is CCn1ncnc1CC(=O)CC(N)CC(C)(C)C. The van der Waals surface area contributed by atoms with Crippen molar-refractivity contribution in [1.82, 2.24) is 14.8 Å². The molecule has 18 heavy (non-hydrogen) atoms. The van der Waals surface area contributed by atoms with Gasteiger partial charge in [-0.25, -0.2) is 9.67 Å². The third kappa shape index (κ3) is 4.96. The van der Waals surface area contributed by atoms with Crippen LogP contribution in [0.3, 0.4) is 0 Å². The fourth-order valence-corrected chi connectivity index (χ4v) is 2.09. The summed E-state index contributed by atoms with van der Waals surface area (Å²) in [5, 5.41) is 4.05. The van der Waals surface area contributed by atoms with Crippen molar-refractivity contribution in [3.8, 4) is 0 Å². The lowest BCUT2D eigenvalue weighted by Crippen LogP contribution is -2.29. The molecule has 0 aliphatic rings. The zero-order valence-electron chi connectivity index (χ0n) is 11.8. The van der Waals surface area contributed by atoms with E-state index in [-0.39, 0.29) is 17.2 Å². The molecule has 1 atom stereocenters.